The number of hydrogen-bond acceptors (Lipinski definition) is 4. The first kappa shape index (κ1) is 8.68. The molecule has 0 radical (unpaired) electrons. The third-order valence-electron chi connectivity index (χ3n) is 1.91. The number of aryl methyl sites for hydroxylation is 2. The molecule has 0 fully saturated rings. The molecule has 2 rings (SSSR count). The van der Waals surface area contributed by atoms with E-state index >= 15 is 0 Å². The van der Waals surface area contributed by atoms with Crippen molar-refractivity contribution in [3.8, 4) is 5.82 Å². The molecule has 0 aliphatic rings. The van der Waals surface area contributed by atoms with Gasteiger partial charge in [0.1, 0.15) is 5.82 Å². The SMILES string of the molecule is Cc1cc(N)n(-c2nccnc2C)n1. The number of hydrogen-bond donors (Lipinski definition) is 1. The van der Waals surface area contributed by atoms with Gasteiger partial charge in [0, 0.05) is 18.5 Å². The summed E-state index contributed by atoms with van der Waals surface area (Å²) in [5.41, 5.74) is 7.45. The number of nitrogen functional groups attached to an aromatic ring is 1. The van der Waals surface area contributed by atoms with Gasteiger partial charge in [-0.05, 0) is 13.8 Å². The first-order valence-corrected chi connectivity index (χ1v) is 4.28. The fourth-order valence-electron chi connectivity index (χ4n) is 1.30. The molecule has 2 aromatic heterocycles. The van der Waals surface area contributed by atoms with Crippen LogP contribution in [0.15, 0.2) is 18.5 Å². The lowest BCUT2D eigenvalue weighted by molar-refractivity contribution is 0.820. The molecule has 5 heteroatoms. The molecule has 0 aliphatic heterocycles. The quantitative estimate of drug-likeness (QED) is 0.722. The summed E-state index contributed by atoms with van der Waals surface area (Å²) in [7, 11) is 0. The normalized spacial score (nSPS) is 10.4. The van der Waals surface area contributed by atoms with E-state index in [1.165, 1.54) is 0 Å². The molecule has 14 heavy (non-hydrogen) atoms. The second-order valence-electron chi connectivity index (χ2n) is 3.09. The van der Waals surface area contributed by atoms with Crippen LogP contribution in [0.5, 0.6) is 0 Å². The zero-order valence-electron chi connectivity index (χ0n) is 8.10. The Hall–Kier alpha value is -1.91. The number of anilines is 1. The largest absolute Gasteiger partial charge is 0.384 e. The van der Waals surface area contributed by atoms with Crippen molar-refractivity contribution in [1.82, 2.24) is 19.7 Å². The zero-order valence-corrected chi connectivity index (χ0v) is 8.10. The molecule has 0 bridgehead atoms. The van der Waals surface area contributed by atoms with E-state index in [4.69, 9.17) is 5.73 Å². The van der Waals surface area contributed by atoms with Crippen molar-refractivity contribution in [3.63, 3.8) is 0 Å². The fraction of sp³-hybridized carbons (Fsp3) is 0.222. The molecule has 0 saturated heterocycles. The van der Waals surface area contributed by atoms with Gasteiger partial charge in [-0.25, -0.2) is 4.98 Å². The van der Waals surface area contributed by atoms with Gasteiger partial charge < -0.3 is 5.73 Å². The molecule has 2 aromatic rings. The van der Waals surface area contributed by atoms with Gasteiger partial charge in [0.05, 0.1) is 11.4 Å². The Morgan fingerprint density at radius 3 is 2.50 bits per heavy atom. The van der Waals surface area contributed by atoms with Gasteiger partial charge in [-0.2, -0.15) is 9.78 Å². The minimum Gasteiger partial charge on any atom is -0.384 e. The third-order valence-corrected chi connectivity index (χ3v) is 1.91. The van der Waals surface area contributed by atoms with Gasteiger partial charge in [-0.3, -0.25) is 4.98 Å². The van der Waals surface area contributed by atoms with Crippen molar-refractivity contribution in [2.24, 2.45) is 0 Å². The highest BCUT2D eigenvalue weighted by Crippen LogP contribution is 2.13. The minimum absolute atomic E-state index is 0.575. The van der Waals surface area contributed by atoms with Crippen molar-refractivity contribution in [2.75, 3.05) is 5.73 Å². The standard InChI is InChI=1S/C9H11N5/c1-6-5-8(10)14(13-6)9-7(2)11-3-4-12-9/h3-5H,10H2,1-2H3. The topological polar surface area (TPSA) is 69.6 Å². The summed E-state index contributed by atoms with van der Waals surface area (Å²) < 4.78 is 1.59. The summed E-state index contributed by atoms with van der Waals surface area (Å²) >= 11 is 0. The Labute approximate surface area is 81.6 Å². The van der Waals surface area contributed by atoms with Gasteiger partial charge in [-0.15, -0.1) is 0 Å². The van der Waals surface area contributed by atoms with Crippen LogP contribution in [0.25, 0.3) is 5.82 Å². The number of rotatable bonds is 1. The van der Waals surface area contributed by atoms with Gasteiger partial charge in [-0.1, -0.05) is 0 Å². The van der Waals surface area contributed by atoms with Crippen molar-refractivity contribution in [3.05, 3.63) is 29.8 Å². The summed E-state index contributed by atoms with van der Waals surface area (Å²) in [4.78, 5) is 8.31. The lowest BCUT2D eigenvalue weighted by atomic mass is 10.4. The second kappa shape index (κ2) is 3.10. The van der Waals surface area contributed by atoms with Gasteiger partial charge in [0.2, 0.25) is 0 Å². The maximum Gasteiger partial charge on any atom is 0.177 e. The number of nitrogens with two attached hydrogens (primary N) is 1. The monoisotopic (exact) mass is 189 g/mol. The smallest absolute Gasteiger partial charge is 0.177 e. The van der Waals surface area contributed by atoms with Crippen LogP contribution in [-0.4, -0.2) is 19.7 Å². The van der Waals surface area contributed by atoms with Crippen molar-refractivity contribution in [2.45, 2.75) is 13.8 Å². The average molecular weight is 189 g/mol. The van der Waals surface area contributed by atoms with Gasteiger partial charge in [0.15, 0.2) is 5.82 Å². The van der Waals surface area contributed by atoms with Crippen LogP contribution in [0.3, 0.4) is 0 Å². The lowest BCUT2D eigenvalue weighted by Crippen LogP contribution is -2.06. The van der Waals surface area contributed by atoms with E-state index < -0.39 is 0 Å². The molecule has 0 aliphatic carbocycles. The first-order valence-electron chi connectivity index (χ1n) is 4.28. The molecule has 0 unspecified atom stereocenters. The molecule has 0 saturated carbocycles. The lowest BCUT2D eigenvalue weighted by Gasteiger charge is -2.04. The summed E-state index contributed by atoms with van der Waals surface area (Å²) in [6, 6.07) is 1.80. The number of nitrogens with zero attached hydrogens (tertiary/aromatic N) is 4. The molecule has 2 N–H and O–H groups in total. The summed E-state index contributed by atoms with van der Waals surface area (Å²) in [5, 5.41) is 4.23. The van der Waals surface area contributed by atoms with Crippen LogP contribution in [0.4, 0.5) is 5.82 Å². The van der Waals surface area contributed by atoms with Crippen LogP contribution in [0.2, 0.25) is 0 Å². The van der Waals surface area contributed by atoms with E-state index in [0.717, 1.165) is 11.4 Å². The fourth-order valence-corrected chi connectivity index (χ4v) is 1.30. The molecule has 0 atom stereocenters. The van der Waals surface area contributed by atoms with E-state index in [9.17, 15) is 0 Å². The Morgan fingerprint density at radius 1 is 1.21 bits per heavy atom. The molecular weight excluding hydrogens is 178 g/mol. The Bertz CT molecular complexity index is 460. The zero-order chi connectivity index (χ0) is 10.1. The van der Waals surface area contributed by atoms with Crippen molar-refractivity contribution >= 4 is 5.82 Å². The highest BCUT2D eigenvalue weighted by molar-refractivity contribution is 5.40. The molecule has 72 valence electrons. The highest BCUT2D eigenvalue weighted by Gasteiger charge is 2.07. The molecule has 5 nitrogen and oxygen atoms in total. The molecule has 0 spiro atoms. The van der Waals surface area contributed by atoms with Gasteiger partial charge in [0.25, 0.3) is 0 Å². The van der Waals surface area contributed by atoms with Crippen LogP contribution in [0, 0.1) is 13.8 Å². The van der Waals surface area contributed by atoms with Crippen LogP contribution in [-0.2, 0) is 0 Å². The predicted octanol–water partition coefficient (Wildman–Crippen LogP) is 0.861. The van der Waals surface area contributed by atoms with Crippen molar-refractivity contribution < 1.29 is 0 Å². The second-order valence-corrected chi connectivity index (χ2v) is 3.09. The molecular formula is C9H11N5. The Morgan fingerprint density at radius 2 is 1.93 bits per heavy atom. The van der Waals surface area contributed by atoms with E-state index in [-0.39, 0.29) is 0 Å². The maximum atomic E-state index is 5.77. The molecule has 0 aromatic carbocycles. The van der Waals surface area contributed by atoms with Crippen molar-refractivity contribution in [1.29, 1.82) is 0 Å². The van der Waals surface area contributed by atoms with E-state index in [1.807, 2.05) is 13.8 Å². The van der Waals surface area contributed by atoms with Crippen LogP contribution >= 0.6 is 0 Å². The Balaban J connectivity index is 2.60. The number of aromatic nitrogens is 4. The van der Waals surface area contributed by atoms with E-state index in [2.05, 4.69) is 15.1 Å². The molecule has 0 amide bonds. The third kappa shape index (κ3) is 1.32. The first-order chi connectivity index (χ1) is 6.68. The Kier molecular flexibility index (Phi) is 1.92. The van der Waals surface area contributed by atoms with Crippen LogP contribution < -0.4 is 5.73 Å². The minimum atomic E-state index is 0.575. The summed E-state index contributed by atoms with van der Waals surface area (Å²) in [5.74, 6) is 1.25. The molecule has 2 heterocycles. The van der Waals surface area contributed by atoms with E-state index in [0.29, 0.717) is 11.6 Å². The van der Waals surface area contributed by atoms with E-state index in [1.54, 1.807) is 23.1 Å². The van der Waals surface area contributed by atoms with Gasteiger partial charge >= 0.3 is 0 Å². The predicted molar refractivity (Wildman–Crippen MR) is 53.0 cm³/mol. The summed E-state index contributed by atoms with van der Waals surface area (Å²) in [6.07, 6.45) is 3.27. The summed E-state index contributed by atoms with van der Waals surface area (Å²) in [6.45, 7) is 3.76. The average Bonchev–Trinajstić information content (AvgIpc) is 2.46. The highest BCUT2D eigenvalue weighted by atomic mass is 15.3. The maximum absolute atomic E-state index is 5.77. The van der Waals surface area contributed by atoms with Crippen LogP contribution in [0.1, 0.15) is 11.4 Å².